The van der Waals surface area contributed by atoms with Crippen molar-refractivity contribution in [3.05, 3.63) is 24.3 Å². The van der Waals surface area contributed by atoms with E-state index >= 15 is 0 Å². The quantitative estimate of drug-likeness (QED) is 0.659. The molecule has 4 heteroatoms. The monoisotopic (exact) mass is 161 g/mol. The molecule has 0 bridgehead atoms. The molecule has 0 aliphatic carbocycles. The van der Waals surface area contributed by atoms with E-state index in [9.17, 15) is 4.79 Å². The molecule has 0 aliphatic rings. The van der Waals surface area contributed by atoms with Gasteiger partial charge in [-0.1, -0.05) is 0 Å². The summed E-state index contributed by atoms with van der Waals surface area (Å²) in [5, 5.41) is 0. The van der Waals surface area contributed by atoms with Crippen LogP contribution >= 0.6 is 0 Å². The van der Waals surface area contributed by atoms with Crippen LogP contribution in [0.1, 0.15) is 5.82 Å². The van der Waals surface area contributed by atoms with Crippen molar-refractivity contribution in [3.8, 4) is 0 Å². The SMILES string of the molecule is O=CCc1nc2ccncc2[nH]1. The largest absolute Gasteiger partial charge is 0.340 e. The van der Waals surface area contributed by atoms with E-state index in [1.165, 1.54) is 0 Å². The van der Waals surface area contributed by atoms with E-state index in [1.807, 2.05) is 0 Å². The number of H-pyrrole nitrogens is 1. The summed E-state index contributed by atoms with van der Waals surface area (Å²) in [6.07, 6.45) is 4.52. The summed E-state index contributed by atoms with van der Waals surface area (Å²) in [7, 11) is 0. The molecule has 0 spiro atoms. The molecule has 0 amide bonds. The highest BCUT2D eigenvalue weighted by atomic mass is 16.1. The van der Waals surface area contributed by atoms with Gasteiger partial charge in [0.05, 0.1) is 23.7 Å². The molecule has 0 atom stereocenters. The number of aldehydes is 1. The number of carbonyl (C=O) groups excluding carboxylic acids is 1. The van der Waals surface area contributed by atoms with Crippen LogP contribution in [0.15, 0.2) is 18.5 Å². The Morgan fingerprint density at radius 3 is 3.25 bits per heavy atom. The van der Waals surface area contributed by atoms with Crippen LogP contribution in [0.2, 0.25) is 0 Å². The number of aromatic nitrogens is 3. The van der Waals surface area contributed by atoms with Crippen molar-refractivity contribution in [3.63, 3.8) is 0 Å². The molecule has 2 heterocycles. The Balaban J connectivity index is 2.54. The van der Waals surface area contributed by atoms with E-state index in [0.29, 0.717) is 12.2 Å². The van der Waals surface area contributed by atoms with E-state index in [4.69, 9.17) is 0 Å². The lowest BCUT2D eigenvalue weighted by Crippen LogP contribution is -1.86. The third-order valence-electron chi connectivity index (χ3n) is 1.61. The van der Waals surface area contributed by atoms with Crippen LogP contribution in [0.5, 0.6) is 0 Å². The molecule has 1 N–H and O–H groups in total. The van der Waals surface area contributed by atoms with Crippen LogP contribution in [0.25, 0.3) is 11.0 Å². The normalized spacial score (nSPS) is 10.3. The van der Waals surface area contributed by atoms with Gasteiger partial charge in [-0.3, -0.25) is 4.98 Å². The number of imidazole rings is 1. The Morgan fingerprint density at radius 2 is 2.50 bits per heavy atom. The number of aromatic amines is 1. The van der Waals surface area contributed by atoms with Gasteiger partial charge in [-0.05, 0) is 6.07 Å². The van der Waals surface area contributed by atoms with E-state index in [0.717, 1.165) is 17.3 Å². The van der Waals surface area contributed by atoms with Gasteiger partial charge in [-0.2, -0.15) is 0 Å². The highest BCUT2D eigenvalue weighted by molar-refractivity contribution is 5.74. The second-order valence-corrected chi connectivity index (χ2v) is 2.45. The van der Waals surface area contributed by atoms with Crippen molar-refractivity contribution in [2.45, 2.75) is 6.42 Å². The Morgan fingerprint density at radius 1 is 1.58 bits per heavy atom. The van der Waals surface area contributed by atoms with Crippen LogP contribution in [-0.2, 0) is 11.2 Å². The maximum Gasteiger partial charge on any atom is 0.127 e. The summed E-state index contributed by atoms with van der Waals surface area (Å²) in [6.45, 7) is 0. The fourth-order valence-electron chi connectivity index (χ4n) is 1.09. The zero-order valence-electron chi connectivity index (χ0n) is 6.32. The molecule has 0 aromatic carbocycles. The maximum atomic E-state index is 10.2. The first-order chi connectivity index (χ1) is 5.90. The lowest BCUT2D eigenvalue weighted by Gasteiger charge is -1.81. The molecular formula is C8H7N3O. The van der Waals surface area contributed by atoms with Gasteiger partial charge in [-0.15, -0.1) is 0 Å². The van der Waals surface area contributed by atoms with Gasteiger partial charge in [-0.25, -0.2) is 4.98 Å². The summed E-state index contributed by atoms with van der Waals surface area (Å²) in [6, 6.07) is 1.81. The number of nitrogens with one attached hydrogen (secondary N) is 1. The second-order valence-electron chi connectivity index (χ2n) is 2.45. The van der Waals surface area contributed by atoms with Crippen molar-refractivity contribution in [2.24, 2.45) is 0 Å². The topological polar surface area (TPSA) is 58.6 Å². The minimum absolute atomic E-state index is 0.328. The van der Waals surface area contributed by atoms with E-state index in [2.05, 4.69) is 15.0 Å². The van der Waals surface area contributed by atoms with Crippen LogP contribution in [0.4, 0.5) is 0 Å². The molecule has 2 rings (SSSR count). The predicted octanol–water partition coefficient (Wildman–Crippen LogP) is 0.699. The molecule has 2 aromatic rings. The van der Waals surface area contributed by atoms with Crippen molar-refractivity contribution in [1.82, 2.24) is 15.0 Å². The summed E-state index contributed by atoms with van der Waals surface area (Å²) in [4.78, 5) is 21.3. The highest BCUT2D eigenvalue weighted by Crippen LogP contribution is 2.07. The molecule has 0 saturated carbocycles. The molecular weight excluding hydrogens is 154 g/mol. The molecule has 12 heavy (non-hydrogen) atoms. The predicted molar refractivity (Wildman–Crippen MR) is 43.7 cm³/mol. The van der Waals surface area contributed by atoms with Gasteiger partial charge in [0.2, 0.25) is 0 Å². The maximum absolute atomic E-state index is 10.2. The molecule has 0 fully saturated rings. The number of nitrogens with zero attached hydrogens (tertiary/aromatic N) is 2. The minimum atomic E-state index is 0.328. The number of pyridine rings is 1. The molecule has 0 unspecified atom stereocenters. The van der Waals surface area contributed by atoms with Crippen LogP contribution in [0.3, 0.4) is 0 Å². The van der Waals surface area contributed by atoms with Gasteiger partial charge in [0, 0.05) is 6.20 Å². The molecule has 0 aliphatic heterocycles. The molecule has 4 nitrogen and oxygen atoms in total. The Hall–Kier alpha value is -1.71. The van der Waals surface area contributed by atoms with Crippen LogP contribution < -0.4 is 0 Å². The fourth-order valence-corrected chi connectivity index (χ4v) is 1.09. The number of carbonyl (C=O) groups is 1. The first-order valence-corrected chi connectivity index (χ1v) is 3.62. The van der Waals surface area contributed by atoms with Crippen LogP contribution in [0, 0.1) is 0 Å². The minimum Gasteiger partial charge on any atom is -0.340 e. The number of hydrogen-bond donors (Lipinski definition) is 1. The van der Waals surface area contributed by atoms with Gasteiger partial charge in [0.1, 0.15) is 12.1 Å². The van der Waals surface area contributed by atoms with Crippen molar-refractivity contribution < 1.29 is 4.79 Å². The molecule has 2 aromatic heterocycles. The Kier molecular flexibility index (Phi) is 1.59. The van der Waals surface area contributed by atoms with Crippen molar-refractivity contribution >= 4 is 17.3 Å². The van der Waals surface area contributed by atoms with Gasteiger partial charge >= 0.3 is 0 Å². The van der Waals surface area contributed by atoms with E-state index in [-0.39, 0.29) is 0 Å². The zero-order chi connectivity index (χ0) is 8.39. The smallest absolute Gasteiger partial charge is 0.127 e. The zero-order valence-corrected chi connectivity index (χ0v) is 6.32. The Bertz CT molecular complexity index is 374. The van der Waals surface area contributed by atoms with Gasteiger partial charge < -0.3 is 9.78 Å². The van der Waals surface area contributed by atoms with Crippen molar-refractivity contribution in [1.29, 1.82) is 0 Å². The lowest BCUT2D eigenvalue weighted by molar-refractivity contribution is -0.107. The average molecular weight is 161 g/mol. The number of rotatable bonds is 2. The van der Waals surface area contributed by atoms with Gasteiger partial charge in [0.25, 0.3) is 0 Å². The third-order valence-corrected chi connectivity index (χ3v) is 1.61. The van der Waals surface area contributed by atoms with Crippen LogP contribution in [-0.4, -0.2) is 21.2 Å². The van der Waals surface area contributed by atoms with Crippen molar-refractivity contribution in [2.75, 3.05) is 0 Å². The lowest BCUT2D eigenvalue weighted by atomic mass is 10.4. The molecule has 60 valence electrons. The third kappa shape index (κ3) is 1.07. The molecule has 0 saturated heterocycles. The van der Waals surface area contributed by atoms with E-state index in [1.54, 1.807) is 18.5 Å². The number of hydrogen-bond acceptors (Lipinski definition) is 3. The fraction of sp³-hybridized carbons (Fsp3) is 0.125. The average Bonchev–Trinajstić information content (AvgIpc) is 2.47. The van der Waals surface area contributed by atoms with Gasteiger partial charge in [0.15, 0.2) is 0 Å². The first-order valence-electron chi connectivity index (χ1n) is 3.62. The summed E-state index contributed by atoms with van der Waals surface area (Å²) >= 11 is 0. The summed E-state index contributed by atoms with van der Waals surface area (Å²) < 4.78 is 0. The summed E-state index contributed by atoms with van der Waals surface area (Å²) in [5.74, 6) is 0.688. The Labute approximate surface area is 68.7 Å². The summed E-state index contributed by atoms with van der Waals surface area (Å²) in [5.41, 5.74) is 1.72. The second kappa shape index (κ2) is 2.73. The number of fused-ring (bicyclic) bond motifs is 1. The molecule has 0 radical (unpaired) electrons. The first kappa shape index (κ1) is 6.97. The highest BCUT2D eigenvalue weighted by Gasteiger charge is 1.99. The standard InChI is InChI=1S/C8H7N3O/c12-4-2-8-10-6-1-3-9-5-7(6)11-8/h1,3-5H,2H2,(H,10,11). The van der Waals surface area contributed by atoms with E-state index < -0.39 is 0 Å².